The van der Waals surface area contributed by atoms with Gasteiger partial charge < -0.3 is 14.6 Å². The van der Waals surface area contributed by atoms with Gasteiger partial charge in [-0.05, 0) is 48.7 Å². The van der Waals surface area contributed by atoms with Crippen LogP contribution in [0.1, 0.15) is 17.0 Å². The monoisotopic (exact) mass is 337 g/mol. The van der Waals surface area contributed by atoms with Crippen LogP contribution < -0.4 is 10.1 Å². The summed E-state index contributed by atoms with van der Waals surface area (Å²) in [7, 11) is 3.64. The van der Waals surface area contributed by atoms with Crippen molar-refractivity contribution in [1.29, 1.82) is 0 Å². The molecule has 25 heavy (non-hydrogen) atoms. The number of nitrogens with one attached hydrogen (secondary N) is 1. The molecule has 2 aromatic carbocycles. The van der Waals surface area contributed by atoms with E-state index in [1.54, 1.807) is 7.11 Å². The number of ether oxygens (including phenoxy) is 1. The number of carbonyl (C=O) groups is 1. The second kappa shape index (κ2) is 7.38. The van der Waals surface area contributed by atoms with Crippen LogP contribution >= 0.6 is 0 Å². The first-order valence-corrected chi connectivity index (χ1v) is 8.38. The summed E-state index contributed by atoms with van der Waals surface area (Å²) in [6, 6.07) is 13.9. The summed E-state index contributed by atoms with van der Waals surface area (Å²) < 4.78 is 7.26. The maximum atomic E-state index is 12.1. The molecular formula is C20H23N3O2. The molecule has 5 heteroatoms. The molecule has 1 aromatic heterocycles. The number of methoxy groups -OCH3 is 1. The molecule has 1 amide bonds. The number of imidazole rings is 1. The first-order valence-electron chi connectivity index (χ1n) is 8.38. The second-order valence-electron chi connectivity index (χ2n) is 6.17. The lowest BCUT2D eigenvalue weighted by atomic mass is 10.1. The Morgan fingerprint density at radius 1 is 1.20 bits per heavy atom. The molecule has 130 valence electrons. The van der Waals surface area contributed by atoms with Crippen molar-refractivity contribution in [2.45, 2.75) is 19.8 Å². The van der Waals surface area contributed by atoms with Crippen LogP contribution in [0.15, 0.2) is 42.5 Å². The van der Waals surface area contributed by atoms with E-state index in [0.29, 0.717) is 13.0 Å². The number of fused-ring (bicyclic) bond motifs is 1. The molecule has 0 radical (unpaired) electrons. The van der Waals surface area contributed by atoms with Crippen molar-refractivity contribution >= 4 is 16.9 Å². The average molecular weight is 337 g/mol. The number of amides is 1. The van der Waals surface area contributed by atoms with E-state index in [4.69, 9.17) is 4.74 Å². The first kappa shape index (κ1) is 17.0. The zero-order valence-corrected chi connectivity index (χ0v) is 14.9. The van der Waals surface area contributed by atoms with Crippen LogP contribution in [0.25, 0.3) is 11.0 Å². The predicted molar refractivity (Wildman–Crippen MR) is 98.9 cm³/mol. The van der Waals surface area contributed by atoms with Crippen LogP contribution in [-0.2, 0) is 24.7 Å². The molecule has 3 rings (SSSR count). The van der Waals surface area contributed by atoms with Crippen molar-refractivity contribution in [3.63, 3.8) is 0 Å². The van der Waals surface area contributed by atoms with Crippen molar-refractivity contribution in [3.05, 3.63) is 59.4 Å². The quantitative estimate of drug-likeness (QED) is 0.752. The summed E-state index contributed by atoms with van der Waals surface area (Å²) in [5.74, 6) is 1.78. The summed E-state index contributed by atoms with van der Waals surface area (Å²) in [5.41, 5.74) is 4.25. The molecule has 0 bridgehead atoms. The third-order valence-corrected chi connectivity index (χ3v) is 4.40. The van der Waals surface area contributed by atoms with E-state index in [-0.39, 0.29) is 5.91 Å². The molecule has 0 saturated carbocycles. The van der Waals surface area contributed by atoms with E-state index >= 15 is 0 Å². The van der Waals surface area contributed by atoms with Gasteiger partial charge in [-0.2, -0.15) is 0 Å². The fraction of sp³-hybridized carbons (Fsp3) is 0.300. The van der Waals surface area contributed by atoms with Crippen LogP contribution in [-0.4, -0.2) is 29.1 Å². The number of carbonyl (C=O) groups excluding carboxylic acids is 1. The lowest BCUT2D eigenvalue weighted by Crippen LogP contribution is -2.27. The summed E-state index contributed by atoms with van der Waals surface area (Å²) >= 11 is 0. The Kier molecular flexibility index (Phi) is 5.03. The van der Waals surface area contributed by atoms with Gasteiger partial charge in [-0.15, -0.1) is 0 Å². The van der Waals surface area contributed by atoms with Gasteiger partial charge in [-0.3, -0.25) is 4.79 Å². The van der Waals surface area contributed by atoms with Gasteiger partial charge in [0.1, 0.15) is 11.6 Å². The lowest BCUT2D eigenvalue weighted by Gasteiger charge is -2.07. The van der Waals surface area contributed by atoms with Crippen molar-refractivity contribution in [2.24, 2.45) is 7.05 Å². The van der Waals surface area contributed by atoms with Gasteiger partial charge in [-0.25, -0.2) is 4.98 Å². The van der Waals surface area contributed by atoms with Crippen molar-refractivity contribution in [1.82, 2.24) is 14.9 Å². The van der Waals surface area contributed by atoms with Gasteiger partial charge in [0.25, 0.3) is 0 Å². The van der Waals surface area contributed by atoms with E-state index in [9.17, 15) is 4.79 Å². The number of aromatic nitrogens is 2. The van der Waals surface area contributed by atoms with E-state index in [1.165, 1.54) is 5.56 Å². The highest BCUT2D eigenvalue weighted by Crippen LogP contribution is 2.16. The lowest BCUT2D eigenvalue weighted by molar-refractivity contribution is -0.120. The molecule has 5 nitrogen and oxygen atoms in total. The van der Waals surface area contributed by atoms with Crippen LogP contribution in [0.2, 0.25) is 0 Å². The van der Waals surface area contributed by atoms with Gasteiger partial charge in [-0.1, -0.05) is 18.2 Å². The molecule has 0 saturated heterocycles. The van der Waals surface area contributed by atoms with Gasteiger partial charge >= 0.3 is 0 Å². The number of nitrogens with zero attached hydrogens (tertiary/aromatic N) is 2. The highest BCUT2D eigenvalue weighted by Gasteiger charge is 2.07. The molecule has 0 fully saturated rings. The standard InChI is InChI=1S/C20H23N3O2/c1-14-22-18-12-15(7-8-19(18)23(14)2)9-10-21-20(24)13-16-5-4-6-17(11-16)25-3/h4-8,11-12H,9-10,13H2,1-3H3,(H,21,24). The molecule has 0 aliphatic heterocycles. The number of hydrogen-bond donors (Lipinski definition) is 1. The van der Waals surface area contributed by atoms with E-state index < -0.39 is 0 Å². The Morgan fingerprint density at radius 2 is 2.04 bits per heavy atom. The van der Waals surface area contributed by atoms with Gasteiger partial charge in [0.2, 0.25) is 5.91 Å². The normalized spacial score (nSPS) is 10.8. The Balaban J connectivity index is 1.54. The maximum Gasteiger partial charge on any atom is 0.224 e. The Hall–Kier alpha value is -2.82. The van der Waals surface area contributed by atoms with Gasteiger partial charge in [0.15, 0.2) is 0 Å². The highest BCUT2D eigenvalue weighted by molar-refractivity contribution is 5.79. The number of rotatable bonds is 6. The summed E-state index contributed by atoms with van der Waals surface area (Å²) in [6.07, 6.45) is 1.14. The Labute approximate surface area is 147 Å². The van der Waals surface area contributed by atoms with Crippen LogP contribution in [0.4, 0.5) is 0 Å². The van der Waals surface area contributed by atoms with Crippen molar-refractivity contribution in [3.8, 4) is 5.75 Å². The van der Waals surface area contributed by atoms with Crippen LogP contribution in [0.3, 0.4) is 0 Å². The topological polar surface area (TPSA) is 56.1 Å². The fourth-order valence-electron chi connectivity index (χ4n) is 2.90. The predicted octanol–water partition coefficient (Wildman–Crippen LogP) is 2.79. The zero-order chi connectivity index (χ0) is 17.8. The van der Waals surface area contributed by atoms with Crippen LogP contribution in [0.5, 0.6) is 5.75 Å². The smallest absolute Gasteiger partial charge is 0.224 e. The molecule has 0 unspecified atom stereocenters. The minimum atomic E-state index is 0.0167. The summed E-state index contributed by atoms with van der Waals surface area (Å²) in [4.78, 5) is 16.6. The maximum absolute atomic E-state index is 12.1. The van der Waals surface area contributed by atoms with Crippen LogP contribution in [0, 0.1) is 6.92 Å². The molecule has 0 aliphatic rings. The Morgan fingerprint density at radius 3 is 2.84 bits per heavy atom. The van der Waals surface area contributed by atoms with Gasteiger partial charge in [0, 0.05) is 13.6 Å². The van der Waals surface area contributed by atoms with Gasteiger partial charge in [0.05, 0.1) is 24.6 Å². The second-order valence-corrected chi connectivity index (χ2v) is 6.17. The fourth-order valence-corrected chi connectivity index (χ4v) is 2.90. The highest BCUT2D eigenvalue weighted by atomic mass is 16.5. The minimum absolute atomic E-state index is 0.0167. The number of hydrogen-bond acceptors (Lipinski definition) is 3. The van der Waals surface area contributed by atoms with Crippen molar-refractivity contribution in [2.75, 3.05) is 13.7 Å². The van der Waals surface area contributed by atoms with E-state index in [2.05, 4.69) is 33.1 Å². The molecule has 1 N–H and O–H groups in total. The first-order chi connectivity index (χ1) is 12.1. The molecule has 0 atom stereocenters. The molecular weight excluding hydrogens is 314 g/mol. The largest absolute Gasteiger partial charge is 0.497 e. The molecule has 0 aliphatic carbocycles. The zero-order valence-electron chi connectivity index (χ0n) is 14.9. The minimum Gasteiger partial charge on any atom is -0.497 e. The third kappa shape index (κ3) is 3.99. The molecule has 3 aromatic rings. The summed E-state index contributed by atoms with van der Waals surface area (Å²) in [6.45, 7) is 2.61. The molecule has 1 heterocycles. The van der Waals surface area contributed by atoms with E-state index in [0.717, 1.165) is 34.6 Å². The SMILES string of the molecule is COc1cccc(CC(=O)NCCc2ccc3c(c2)nc(C)n3C)c1. The number of aryl methyl sites for hydroxylation is 2. The third-order valence-electron chi connectivity index (χ3n) is 4.40. The van der Waals surface area contributed by atoms with E-state index in [1.807, 2.05) is 38.2 Å². The number of benzene rings is 2. The summed E-state index contributed by atoms with van der Waals surface area (Å²) in [5, 5.41) is 2.98. The average Bonchev–Trinajstić information content (AvgIpc) is 2.89. The Bertz CT molecular complexity index is 899. The molecule has 0 spiro atoms. The van der Waals surface area contributed by atoms with Crippen molar-refractivity contribution < 1.29 is 9.53 Å².